The van der Waals surface area contributed by atoms with Gasteiger partial charge in [-0.25, -0.2) is 4.79 Å². The third-order valence-electron chi connectivity index (χ3n) is 4.82. The molecule has 5 nitrogen and oxygen atoms in total. The van der Waals surface area contributed by atoms with Crippen LogP contribution in [0.1, 0.15) is 61.2 Å². The highest BCUT2D eigenvalue weighted by Crippen LogP contribution is 2.33. The molecule has 128 valence electrons. The van der Waals surface area contributed by atoms with Crippen molar-refractivity contribution in [1.29, 1.82) is 0 Å². The maximum Gasteiger partial charge on any atom is 0.322 e. The summed E-state index contributed by atoms with van der Waals surface area (Å²) in [5.74, 6) is 1.16. The molecule has 0 spiro atoms. The number of nitrogens with zero attached hydrogens (tertiary/aromatic N) is 2. The van der Waals surface area contributed by atoms with E-state index in [-0.39, 0.29) is 12.1 Å². The van der Waals surface area contributed by atoms with E-state index in [4.69, 9.17) is 4.52 Å². The minimum absolute atomic E-state index is 0.00800. The summed E-state index contributed by atoms with van der Waals surface area (Å²) in [5, 5.41) is 7.25. The van der Waals surface area contributed by atoms with E-state index in [1.165, 1.54) is 5.56 Å². The predicted octanol–water partition coefficient (Wildman–Crippen LogP) is 4.78. The number of hydrogen-bond donors (Lipinski definition) is 1. The molecule has 3 rings (SSSR count). The van der Waals surface area contributed by atoms with Crippen LogP contribution in [-0.2, 0) is 0 Å². The Balaban J connectivity index is 1.77. The molecule has 24 heavy (non-hydrogen) atoms. The number of aromatic nitrogens is 1. The van der Waals surface area contributed by atoms with Crippen LogP contribution in [0.3, 0.4) is 0 Å². The van der Waals surface area contributed by atoms with Gasteiger partial charge in [0.2, 0.25) is 0 Å². The number of anilines is 1. The van der Waals surface area contributed by atoms with E-state index in [9.17, 15) is 4.79 Å². The number of urea groups is 1. The predicted molar refractivity (Wildman–Crippen MR) is 94.2 cm³/mol. The number of carbonyl (C=O) groups excluding carboxylic acids is 1. The average molecular weight is 327 g/mol. The van der Waals surface area contributed by atoms with Crippen molar-refractivity contribution in [1.82, 2.24) is 10.1 Å². The minimum Gasteiger partial charge on any atom is -0.361 e. The fourth-order valence-corrected chi connectivity index (χ4v) is 3.12. The van der Waals surface area contributed by atoms with Gasteiger partial charge in [-0.2, -0.15) is 0 Å². The molecule has 2 aromatic rings. The quantitative estimate of drug-likeness (QED) is 0.882. The first-order valence-electron chi connectivity index (χ1n) is 8.57. The molecule has 1 aromatic heterocycles. The maximum absolute atomic E-state index is 12.8. The van der Waals surface area contributed by atoms with Gasteiger partial charge >= 0.3 is 6.03 Å². The molecule has 2 heterocycles. The van der Waals surface area contributed by atoms with Crippen molar-refractivity contribution in [2.45, 2.75) is 52.5 Å². The second-order valence-corrected chi connectivity index (χ2v) is 6.84. The summed E-state index contributed by atoms with van der Waals surface area (Å²) in [7, 11) is 0. The van der Waals surface area contributed by atoms with Gasteiger partial charge in [-0.3, -0.25) is 0 Å². The van der Waals surface area contributed by atoms with Crippen LogP contribution >= 0.6 is 0 Å². The van der Waals surface area contributed by atoms with Gasteiger partial charge in [0.05, 0.1) is 6.04 Å². The minimum atomic E-state index is -0.0692. The van der Waals surface area contributed by atoms with E-state index in [0.717, 1.165) is 42.1 Å². The van der Waals surface area contributed by atoms with Gasteiger partial charge in [0, 0.05) is 24.2 Å². The Morgan fingerprint density at radius 3 is 2.88 bits per heavy atom. The average Bonchev–Trinajstić information content (AvgIpc) is 3.19. The van der Waals surface area contributed by atoms with E-state index in [0.29, 0.717) is 5.92 Å². The number of nitrogens with one attached hydrogen (secondary N) is 1. The normalized spacial score (nSPS) is 17.5. The van der Waals surface area contributed by atoms with Crippen LogP contribution in [0, 0.1) is 13.8 Å². The second-order valence-electron chi connectivity index (χ2n) is 6.84. The zero-order valence-corrected chi connectivity index (χ0v) is 14.8. The molecule has 0 aliphatic carbocycles. The van der Waals surface area contributed by atoms with Gasteiger partial charge in [0.1, 0.15) is 11.5 Å². The lowest BCUT2D eigenvalue weighted by Crippen LogP contribution is -2.34. The molecule has 1 saturated heterocycles. The molecule has 1 fully saturated rings. The smallest absolute Gasteiger partial charge is 0.322 e. The summed E-state index contributed by atoms with van der Waals surface area (Å²) in [4.78, 5) is 14.6. The van der Waals surface area contributed by atoms with Gasteiger partial charge in [0.15, 0.2) is 0 Å². The first kappa shape index (κ1) is 16.6. The number of amides is 2. The molecular formula is C19H25N3O2. The SMILES string of the molecule is Cc1cccc(NC(=O)N2CCC[C@@H]2c2cc(C(C)C)on2)c1C. The van der Waals surface area contributed by atoms with Crippen LogP contribution in [-0.4, -0.2) is 22.6 Å². The lowest BCUT2D eigenvalue weighted by molar-refractivity contribution is 0.204. The summed E-state index contributed by atoms with van der Waals surface area (Å²) >= 11 is 0. The standard InChI is InChI=1S/C19H25N3O2/c1-12(2)18-11-16(21-24-18)17-9-6-10-22(17)19(23)20-15-8-5-7-13(3)14(15)4/h5,7-8,11-12,17H,6,9-10H2,1-4H3,(H,20,23)/t17-/m1/s1. The van der Waals surface area contributed by atoms with Crippen LogP contribution in [0.15, 0.2) is 28.8 Å². The number of likely N-dealkylation sites (tertiary alicyclic amines) is 1. The van der Waals surface area contributed by atoms with Crippen molar-refractivity contribution in [2.24, 2.45) is 0 Å². The molecule has 1 N–H and O–H groups in total. The van der Waals surface area contributed by atoms with Gasteiger partial charge in [-0.05, 0) is 43.9 Å². The Kier molecular flexibility index (Phi) is 4.60. The Bertz CT molecular complexity index is 736. The Morgan fingerprint density at radius 2 is 2.17 bits per heavy atom. The third-order valence-corrected chi connectivity index (χ3v) is 4.82. The third kappa shape index (κ3) is 3.16. The highest BCUT2D eigenvalue weighted by Gasteiger charge is 2.32. The fraction of sp³-hybridized carbons (Fsp3) is 0.474. The Morgan fingerprint density at radius 1 is 1.38 bits per heavy atom. The van der Waals surface area contributed by atoms with Crippen molar-refractivity contribution in [2.75, 3.05) is 11.9 Å². The largest absolute Gasteiger partial charge is 0.361 e. The molecule has 0 radical (unpaired) electrons. The highest BCUT2D eigenvalue weighted by atomic mass is 16.5. The fourth-order valence-electron chi connectivity index (χ4n) is 3.12. The summed E-state index contributed by atoms with van der Waals surface area (Å²) in [6.07, 6.45) is 1.90. The first-order chi connectivity index (χ1) is 11.5. The molecular weight excluding hydrogens is 302 g/mol. The molecule has 0 unspecified atom stereocenters. The molecule has 1 aliphatic rings. The van der Waals surface area contributed by atoms with E-state index in [1.807, 2.05) is 43.0 Å². The lowest BCUT2D eigenvalue weighted by atomic mass is 10.1. The van der Waals surface area contributed by atoms with E-state index in [1.54, 1.807) is 0 Å². The number of aryl methyl sites for hydroxylation is 1. The monoisotopic (exact) mass is 327 g/mol. The molecule has 0 bridgehead atoms. The molecule has 5 heteroatoms. The highest BCUT2D eigenvalue weighted by molar-refractivity contribution is 5.90. The van der Waals surface area contributed by atoms with Gasteiger partial charge in [-0.1, -0.05) is 31.1 Å². The van der Waals surface area contributed by atoms with Crippen LogP contribution in [0.2, 0.25) is 0 Å². The zero-order valence-electron chi connectivity index (χ0n) is 14.8. The summed E-state index contributed by atoms with van der Waals surface area (Å²) in [6, 6.07) is 7.86. The summed E-state index contributed by atoms with van der Waals surface area (Å²) in [6.45, 7) is 8.96. The van der Waals surface area contributed by atoms with Crippen molar-refractivity contribution in [3.8, 4) is 0 Å². The second kappa shape index (κ2) is 6.67. The van der Waals surface area contributed by atoms with E-state index < -0.39 is 0 Å². The lowest BCUT2D eigenvalue weighted by Gasteiger charge is -2.24. The van der Waals surface area contributed by atoms with Crippen LogP contribution in [0.4, 0.5) is 10.5 Å². The maximum atomic E-state index is 12.8. The molecule has 1 aliphatic heterocycles. The molecule has 1 aromatic carbocycles. The molecule has 1 atom stereocenters. The molecule has 0 saturated carbocycles. The number of rotatable bonds is 3. The Hall–Kier alpha value is -2.30. The van der Waals surface area contributed by atoms with E-state index in [2.05, 4.69) is 24.3 Å². The Labute approximate surface area is 143 Å². The van der Waals surface area contributed by atoms with Gasteiger partial charge in [0.25, 0.3) is 0 Å². The topological polar surface area (TPSA) is 58.4 Å². The van der Waals surface area contributed by atoms with Crippen LogP contribution < -0.4 is 5.32 Å². The summed E-state index contributed by atoms with van der Waals surface area (Å²) in [5.41, 5.74) is 4.00. The number of carbonyl (C=O) groups is 1. The van der Waals surface area contributed by atoms with Crippen molar-refractivity contribution >= 4 is 11.7 Å². The first-order valence-corrected chi connectivity index (χ1v) is 8.57. The van der Waals surface area contributed by atoms with Gasteiger partial charge < -0.3 is 14.7 Å². The molecule has 2 amide bonds. The van der Waals surface area contributed by atoms with E-state index >= 15 is 0 Å². The van der Waals surface area contributed by atoms with Gasteiger partial charge in [-0.15, -0.1) is 0 Å². The van der Waals surface area contributed by atoms with Crippen molar-refractivity contribution < 1.29 is 9.32 Å². The van der Waals surface area contributed by atoms with Crippen molar-refractivity contribution in [3.63, 3.8) is 0 Å². The zero-order chi connectivity index (χ0) is 17.3. The number of benzene rings is 1. The van der Waals surface area contributed by atoms with Crippen LogP contribution in [0.25, 0.3) is 0 Å². The van der Waals surface area contributed by atoms with Crippen LogP contribution in [0.5, 0.6) is 0 Å². The number of hydrogen-bond acceptors (Lipinski definition) is 3. The van der Waals surface area contributed by atoms with Crippen molar-refractivity contribution in [3.05, 3.63) is 46.8 Å². The summed E-state index contributed by atoms with van der Waals surface area (Å²) < 4.78 is 5.41.